The number of carbonyl (C=O) groups is 2. The van der Waals surface area contributed by atoms with E-state index in [1.54, 1.807) is 6.92 Å². The topological polar surface area (TPSA) is 150 Å². The Bertz CT molecular complexity index is 955. The van der Waals surface area contributed by atoms with E-state index >= 15 is 0 Å². The van der Waals surface area contributed by atoms with Crippen molar-refractivity contribution in [1.82, 2.24) is 14.6 Å². The summed E-state index contributed by atoms with van der Waals surface area (Å²) in [6, 6.07) is 2.14. The van der Waals surface area contributed by atoms with Gasteiger partial charge in [0.1, 0.15) is 23.0 Å². The number of amides is 3. The van der Waals surface area contributed by atoms with E-state index in [0.29, 0.717) is 48.7 Å². The number of nitrogens with two attached hydrogens (primary N) is 1. The first kappa shape index (κ1) is 26.7. The molecule has 0 aliphatic heterocycles. The summed E-state index contributed by atoms with van der Waals surface area (Å²) in [6.45, 7) is 3.15. The molecular formula is C20H27ClFN5O5S. The van der Waals surface area contributed by atoms with Gasteiger partial charge in [-0.3, -0.25) is 15.0 Å². The standard InChI is InChI=1S/C20H27ClFN5O5S/c1-12-9-14(21)13(10-15(12)22)11-32-18-16(17(23)30)19(33-26-18)25-20(31)24-3-2-4-27(5-7-28)6-8-29/h9-10,28-29H,2-8,11H2,1H3,(H2,23,30)(H2,24,25,31). The van der Waals surface area contributed by atoms with Crippen LogP contribution in [-0.2, 0) is 6.61 Å². The van der Waals surface area contributed by atoms with Crippen LogP contribution in [0, 0.1) is 12.7 Å². The molecule has 1 aromatic heterocycles. The van der Waals surface area contributed by atoms with E-state index in [0.717, 1.165) is 11.5 Å². The van der Waals surface area contributed by atoms with Crippen LogP contribution in [0.25, 0.3) is 0 Å². The lowest BCUT2D eigenvalue weighted by Gasteiger charge is -2.19. The van der Waals surface area contributed by atoms with Crippen LogP contribution in [0.5, 0.6) is 5.88 Å². The van der Waals surface area contributed by atoms with Crippen LogP contribution in [0.2, 0.25) is 5.02 Å². The highest BCUT2D eigenvalue weighted by molar-refractivity contribution is 7.11. The van der Waals surface area contributed by atoms with Gasteiger partial charge in [0.05, 0.1) is 13.2 Å². The largest absolute Gasteiger partial charge is 0.472 e. The molecule has 3 amide bonds. The molecule has 0 unspecified atom stereocenters. The maximum atomic E-state index is 13.8. The van der Waals surface area contributed by atoms with E-state index < -0.39 is 17.8 Å². The molecule has 1 heterocycles. The number of anilines is 1. The van der Waals surface area contributed by atoms with E-state index in [1.807, 2.05) is 4.90 Å². The molecule has 0 radical (unpaired) electrons. The fourth-order valence-electron chi connectivity index (χ4n) is 2.89. The predicted octanol–water partition coefficient (Wildman–Crippen LogP) is 1.72. The summed E-state index contributed by atoms with van der Waals surface area (Å²) in [5, 5.41) is 23.6. The van der Waals surface area contributed by atoms with Crippen molar-refractivity contribution in [3.05, 3.63) is 39.7 Å². The van der Waals surface area contributed by atoms with E-state index in [2.05, 4.69) is 15.0 Å². The van der Waals surface area contributed by atoms with Gasteiger partial charge in [-0.2, -0.15) is 4.37 Å². The number of urea groups is 1. The van der Waals surface area contributed by atoms with Crippen LogP contribution >= 0.6 is 23.1 Å². The van der Waals surface area contributed by atoms with Gasteiger partial charge in [-0.1, -0.05) is 11.6 Å². The van der Waals surface area contributed by atoms with E-state index in [9.17, 15) is 14.0 Å². The normalized spacial score (nSPS) is 11.0. The highest BCUT2D eigenvalue weighted by atomic mass is 35.5. The molecule has 10 nitrogen and oxygen atoms in total. The third kappa shape index (κ3) is 8.09. The monoisotopic (exact) mass is 503 g/mol. The van der Waals surface area contributed by atoms with Gasteiger partial charge >= 0.3 is 6.03 Å². The lowest BCUT2D eigenvalue weighted by molar-refractivity contribution is 0.0996. The van der Waals surface area contributed by atoms with E-state index in [-0.39, 0.29) is 36.3 Å². The molecule has 0 atom stereocenters. The third-order valence-corrected chi connectivity index (χ3v) is 5.69. The van der Waals surface area contributed by atoms with Crippen LogP contribution in [0.15, 0.2) is 12.1 Å². The summed E-state index contributed by atoms with van der Waals surface area (Å²) in [4.78, 5) is 26.0. The summed E-state index contributed by atoms with van der Waals surface area (Å²) in [7, 11) is 0. The molecule has 0 saturated heterocycles. The van der Waals surface area contributed by atoms with Gasteiger partial charge in [-0.05, 0) is 49.1 Å². The number of hydrogen-bond donors (Lipinski definition) is 5. The molecule has 0 aliphatic carbocycles. The van der Waals surface area contributed by atoms with Gasteiger partial charge in [-0.15, -0.1) is 0 Å². The number of ether oxygens (including phenoxy) is 1. The summed E-state index contributed by atoms with van der Waals surface area (Å²) in [5.74, 6) is -1.39. The fourth-order valence-corrected chi connectivity index (χ4v) is 3.90. The molecule has 0 aliphatic rings. The van der Waals surface area contributed by atoms with E-state index in [4.69, 9.17) is 32.3 Å². The zero-order chi connectivity index (χ0) is 24.4. The number of aryl methyl sites for hydroxylation is 1. The molecule has 6 N–H and O–H groups in total. The minimum atomic E-state index is -0.848. The summed E-state index contributed by atoms with van der Waals surface area (Å²) >= 11 is 6.93. The first-order valence-corrected chi connectivity index (χ1v) is 11.3. The zero-order valence-electron chi connectivity index (χ0n) is 18.1. The minimum absolute atomic E-state index is 0.0232. The lowest BCUT2D eigenvalue weighted by Crippen LogP contribution is -2.35. The number of aromatic nitrogens is 1. The summed E-state index contributed by atoms with van der Waals surface area (Å²) in [6.07, 6.45) is 0.584. The number of aliphatic hydroxyl groups is 2. The van der Waals surface area contributed by atoms with Crippen molar-refractivity contribution in [2.45, 2.75) is 20.0 Å². The number of nitrogens with zero attached hydrogens (tertiary/aromatic N) is 2. The Morgan fingerprint density at radius 2 is 1.97 bits per heavy atom. The Balaban J connectivity index is 1.94. The van der Waals surface area contributed by atoms with Crippen molar-refractivity contribution >= 4 is 40.1 Å². The maximum absolute atomic E-state index is 13.8. The van der Waals surface area contributed by atoms with Crippen molar-refractivity contribution in [3.63, 3.8) is 0 Å². The summed E-state index contributed by atoms with van der Waals surface area (Å²) < 4.78 is 23.4. The van der Waals surface area contributed by atoms with Crippen LogP contribution in [0.3, 0.4) is 0 Å². The number of nitrogens with one attached hydrogen (secondary N) is 2. The Kier molecular flexibility index (Phi) is 10.7. The molecule has 0 saturated carbocycles. The molecule has 33 heavy (non-hydrogen) atoms. The van der Waals surface area contributed by atoms with Crippen LogP contribution < -0.4 is 21.1 Å². The Labute approximate surface area is 199 Å². The Morgan fingerprint density at radius 3 is 2.61 bits per heavy atom. The number of aliphatic hydroxyl groups excluding tert-OH is 2. The van der Waals surface area contributed by atoms with E-state index in [1.165, 1.54) is 12.1 Å². The second-order valence-electron chi connectivity index (χ2n) is 7.06. The lowest BCUT2D eigenvalue weighted by atomic mass is 10.1. The maximum Gasteiger partial charge on any atom is 0.319 e. The highest BCUT2D eigenvalue weighted by Crippen LogP contribution is 2.31. The van der Waals surface area contributed by atoms with Crippen molar-refractivity contribution in [2.75, 3.05) is 44.7 Å². The molecule has 182 valence electrons. The number of benzene rings is 1. The third-order valence-electron chi connectivity index (χ3n) is 4.60. The van der Waals surface area contributed by atoms with Gasteiger partial charge in [0, 0.05) is 30.2 Å². The Morgan fingerprint density at radius 1 is 1.27 bits per heavy atom. The fraction of sp³-hybridized carbons (Fsp3) is 0.450. The smallest absolute Gasteiger partial charge is 0.319 e. The molecule has 0 fully saturated rings. The van der Waals surface area contributed by atoms with Gasteiger partial charge in [-0.25, -0.2) is 9.18 Å². The Hall–Kier alpha value is -2.51. The van der Waals surface area contributed by atoms with Crippen LogP contribution in [0.1, 0.15) is 27.9 Å². The van der Waals surface area contributed by atoms with Crippen molar-refractivity contribution < 1.29 is 28.9 Å². The average molecular weight is 504 g/mol. The minimum Gasteiger partial charge on any atom is -0.472 e. The first-order chi connectivity index (χ1) is 15.8. The number of primary amides is 1. The molecule has 1 aromatic carbocycles. The highest BCUT2D eigenvalue weighted by Gasteiger charge is 2.22. The number of rotatable bonds is 13. The molecule has 13 heteroatoms. The summed E-state index contributed by atoms with van der Waals surface area (Å²) in [5.41, 5.74) is 6.09. The van der Waals surface area contributed by atoms with Crippen LogP contribution in [-0.4, -0.2) is 70.8 Å². The first-order valence-electron chi connectivity index (χ1n) is 10.1. The van der Waals surface area contributed by atoms with Gasteiger partial charge in [0.25, 0.3) is 5.91 Å². The van der Waals surface area contributed by atoms with Gasteiger partial charge < -0.3 is 26.0 Å². The quantitative estimate of drug-likeness (QED) is 0.261. The molecule has 2 aromatic rings. The van der Waals surface area contributed by atoms with Crippen molar-refractivity contribution in [2.24, 2.45) is 5.73 Å². The molecule has 2 rings (SSSR count). The van der Waals surface area contributed by atoms with Gasteiger partial charge in [0.2, 0.25) is 5.88 Å². The average Bonchev–Trinajstić information content (AvgIpc) is 3.15. The molecular weight excluding hydrogens is 477 g/mol. The SMILES string of the molecule is Cc1cc(Cl)c(COc2nsc(NC(=O)NCCCN(CCO)CCO)c2C(N)=O)cc1F. The number of hydrogen-bond acceptors (Lipinski definition) is 8. The second-order valence-corrected chi connectivity index (χ2v) is 8.24. The van der Waals surface area contributed by atoms with Crippen LogP contribution in [0.4, 0.5) is 14.2 Å². The van der Waals surface area contributed by atoms with Crippen molar-refractivity contribution in [1.29, 1.82) is 0 Å². The van der Waals surface area contributed by atoms with Gasteiger partial charge in [0.15, 0.2) is 0 Å². The number of carbonyl (C=O) groups excluding carboxylic acids is 2. The molecule has 0 bridgehead atoms. The van der Waals surface area contributed by atoms with Crippen molar-refractivity contribution in [3.8, 4) is 5.88 Å². The zero-order valence-corrected chi connectivity index (χ0v) is 19.6. The number of halogens is 2. The molecule has 0 spiro atoms. The predicted molar refractivity (Wildman–Crippen MR) is 123 cm³/mol. The second kappa shape index (κ2) is 13.3.